The van der Waals surface area contributed by atoms with E-state index in [0.29, 0.717) is 27.4 Å². The summed E-state index contributed by atoms with van der Waals surface area (Å²) in [7, 11) is 0. The highest BCUT2D eigenvalue weighted by molar-refractivity contribution is 9.10. The van der Waals surface area contributed by atoms with Gasteiger partial charge in [-0.15, -0.1) is 0 Å². The third kappa shape index (κ3) is 2.67. The molecule has 0 amide bonds. The highest BCUT2D eigenvalue weighted by Crippen LogP contribution is 2.29. The minimum Gasteiger partial charge on any atom is -0.398 e. The largest absolute Gasteiger partial charge is 0.398 e. The van der Waals surface area contributed by atoms with Crippen molar-refractivity contribution in [3.63, 3.8) is 0 Å². The first kappa shape index (κ1) is 13.8. The fraction of sp³-hybridized carbons (Fsp3) is 0.0667. The Morgan fingerprint density at radius 3 is 2.76 bits per heavy atom. The lowest BCUT2D eigenvalue weighted by Crippen LogP contribution is -1.90. The summed E-state index contributed by atoms with van der Waals surface area (Å²) in [6.45, 7) is 1.92. The fourth-order valence-corrected chi connectivity index (χ4v) is 2.32. The molecule has 6 heteroatoms. The monoisotopic (exact) mass is 347 g/mol. The molecule has 4 nitrogen and oxygen atoms in total. The van der Waals surface area contributed by atoms with Gasteiger partial charge in [0.2, 0.25) is 5.82 Å². The van der Waals surface area contributed by atoms with E-state index in [1.165, 1.54) is 12.1 Å². The number of nitrogens with two attached hydrogens (primary N) is 1. The number of hydrogen-bond acceptors (Lipinski definition) is 4. The Kier molecular flexibility index (Phi) is 3.47. The molecule has 0 atom stereocenters. The summed E-state index contributed by atoms with van der Waals surface area (Å²) < 4.78 is 19.3. The molecule has 3 rings (SSSR count). The molecule has 3 aromatic rings. The van der Waals surface area contributed by atoms with Crippen LogP contribution in [-0.4, -0.2) is 10.1 Å². The van der Waals surface area contributed by atoms with E-state index < -0.39 is 0 Å². The number of rotatable bonds is 2. The molecule has 0 saturated heterocycles. The second-order valence-electron chi connectivity index (χ2n) is 4.62. The van der Waals surface area contributed by atoms with Crippen LogP contribution in [0.2, 0.25) is 0 Å². The van der Waals surface area contributed by atoms with Crippen LogP contribution in [0.1, 0.15) is 5.56 Å². The zero-order valence-corrected chi connectivity index (χ0v) is 12.7. The normalized spacial score (nSPS) is 10.8. The van der Waals surface area contributed by atoms with Crippen LogP contribution in [0.5, 0.6) is 0 Å². The number of hydrogen-bond donors (Lipinski definition) is 1. The smallest absolute Gasteiger partial charge is 0.258 e. The molecule has 0 saturated carbocycles. The van der Waals surface area contributed by atoms with Gasteiger partial charge in [-0.2, -0.15) is 4.98 Å². The maximum Gasteiger partial charge on any atom is 0.258 e. The molecule has 21 heavy (non-hydrogen) atoms. The molecule has 2 aromatic carbocycles. The van der Waals surface area contributed by atoms with Crippen molar-refractivity contribution in [2.24, 2.45) is 0 Å². The van der Waals surface area contributed by atoms with Crippen LogP contribution >= 0.6 is 15.9 Å². The molecule has 106 valence electrons. The molecule has 1 heterocycles. The maximum absolute atomic E-state index is 13.3. The van der Waals surface area contributed by atoms with Crippen molar-refractivity contribution in [3.8, 4) is 22.8 Å². The summed E-state index contributed by atoms with van der Waals surface area (Å²) in [5.74, 6) is 0.294. The molecule has 0 unspecified atom stereocenters. The zero-order valence-electron chi connectivity index (χ0n) is 11.1. The van der Waals surface area contributed by atoms with Gasteiger partial charge in [0.05, 0.1) is 0 Å². The van der Waals surface area contributed by atoms with Crippen molar-refractivity contribution in [1.29, 1.82) is 0 Å². The Morgan fingerprint density at radius 1 is 1.19 bits per heavy atom. The predicted molar refractivity (Wildman–Crippen MR) is 82.0 cm³/mol. The Labute approximate surface area is 128 Å². The second kappa shape index (κ2) is 5.29. The van der Waals surface area contributed by atoms with E-state index in [1.807, 2.05) is 19.1 Å². The van der Waals surface area contributed by atoms with E-state index >= 15 is 0 Å². The van der Waals surface area contributed by atoms with E-state index in [4.69, 9.17) is 10.3 Å². The summed E-state index contributed by atoms with van der Waals surface area (Å²) in [5.41, 5.74) is 8.76. The molecule has 0 aliphatic carbocycles. The van der Waals surface area contributed by atoms with Crippen LogP contribution in [0.25, 0.3) is 22.8 Å². The van der Waals surface area contributed by atoms with Crippen LogP contribution in [0.15, 0.2) is 45.4 Å². The Balaban J connectivity index is 2.03. The van der Waals surface area contributed by atoms with E-state index in [0.717, 1.165) is 11.1 Å². The van der Waals surface area contributed by atoms with Crippen LogP contribution in [-0.2, 0) is 0 Å². The van der Waals surface area contributed by atoms with Crippen molar-refractivity contribution >= 4 is 21.6 Å². The maximum atomic E-state index is 13.3. The number of anilines is 1. The Bertz CT molecular complexity index is 816. The third-order valence-corrected chi connectivity index (χ3v) is 3.81. The third-order valence-electron chi connectivity index (χ3n) is 3.12. The van der Waals surface area contributed by atoms with Crippen LogP contribution < -0.4 is 5.73 Å². The number of nitrogens with zero attached hydrogens (tertiary/aromatic N) is 2. The van der Waals surface area contributed by atoms with Gasteiger partial charge >= 0.3 is 0 Å². The predicted octanol–water partition coefficient (Wildman–Crippen LogP) is 4.20. The van der Waals surface area contributed by atoms with Crippen molar-refractivity contribution < 1.29 is 8.91 Å². The van der Waals surface area contributed by atoms with E-state index in [-0.39, 0.29) is 5.82 Å². The van der Waals surface area contributed by atoms with Crippen LogP contribution in [0.4, 0.5) is 10.1 Å². The van der Waals surface area contributed by atoms with Gasteiger partial charge < -0.3 is 10.3 Å². The molecule has 0 spiro atoms. The molecule has 0 bridgehead atoms. The van der Waals surface area contributed by atoms with Gasteiger partial charge in [-0.05, 0) is 42.8 Å². The average molecular weight is 348 g/mol. The molecule has 0 aliphatic heterocycles. The topological polar surface area (TPSA) is 64.9 Å². The first-order chi connectivity index (χ1) is 10.0. The van der Waals surface area contributed by atoms with Crippen molar-refractivity contribution in [1.82, 2.24) is 10.1 Å². The molecule has 2 N–H and O–H groups in total. The van der Waals surface area contributed by atoms with Crippen molar-refractivity contribution in [3.05, 3.63) is 52.3 Å². The molecule has 0 fully saturated rings. The number of benzene rings is 2. The zero-order chi connectivity index (χ0) is 15.0. The van der Waals surface area contributed by atoms with Gasteiger partial charge in [-0.25, -0.2) is 4.39 Å². The van der Waals surface area contributed by atoms with Crippen LogP contribution in [0, 0.1) is 12.7 Å². The Hall–Kier alpha value is -2.21. The number of nitrogen functional groups attached to an aromatic ring is 1. The summed E-state index contributed by atoms with van der Waals surface area (Å²) in [6, 6.07) is 9.81. The quantitative estimate of drug-likeness (QED) is 0.705. The minimum atomic E-state index is -0.362. The molecular weight excluding hydrogens is 337 g/mol. The van der Waals surface area contributed by atoms with Crippen LogP contribution in [0.3, 0.4) is 0 Å². The van der Waals surface area contributed by atoms with E-state index in [9.17, 15) is 4.39 Å². The molecule has 0 aliphatic rings. The number of halogens is 2. The van der Waals surface area contributed by atoms with Gasteiger partial charge in [0.15, 0.2) is 0 Å². The highest BCUT2D eigenvalue weighted by atomic mass is 79.9. The van der Waals surface area contributed by atoms with E-state index in [2.05, 4.69) is 26.1 Å². The summed E-state index contributed by atoms with van der Waals surface area (Å²) in [5, 5.41) is 3.89. The second-order valence-corrected chi connectivity index (χ2v) is 5.47. The lowest BCUT2D eigenvalue weighted by Gasteiger charge is -2.00. The molecular formula is C15H11BrFN3O. The first-order valence-electron chi connectivity index (χ1n) is 6.20. The summed E-state index contributed by atoms with van der Waals surface area (Å²) >= 11 is 3.35. The lowest BCUT2D eigenvalue weighted by molar-refractivity contribution is 0.432. The van der Waals surface area contributed by atoms with Gasteiger partial charge in [-0.3, -0.25) is 0 Å². The average Bonchev–Trinajstić information content (AvgIpc) is 2.94. The van der Waals surface area contributed by atoms with Gasteiger partial charge in [0, 0.05) is 21.3 Å². The van der Waals surface area contributed by atoms with Crippen molar-refractivity contribution in [2.45, 2.75) is 6.92 Å². The minimum absolute atomic E-state index is 0.315. The Morgan fingerprint density at radius 2 is 2.00 bits per heavy atom. The van der Waals surface area contributed by atoms with Gasteiger partial charge in [-0.1, -0.05) is 27.2 Å². The molecule has 1 aromatic heterocycles. The SMILES string of the molecule is Cc1ccc(-c2nc(-c3cc(F)ccc3Br)no2)cc1N. The fourth-order valence-electron chi connectivity index (χ4n) is 1.89. The van der Waals surface area contributed by atoms with Gasteiger partial charge in [0.25, 0.3) is 5.89 Å². The van der Waals surface area contributed by atoms with Gasteiger partial charge in [0.1, 0.15) is 5.82 Å². The molecule has 0 radical (unpaired) electrons. The summed E-state index contributed by atoms with van der Waals surface area (Å²) in [4.78, 5) is 4.29. The summed E-state index contributed by atoms with van der Waals surface area (Å²) in [6.07, 6.45) is 0. The lowest BCUT2D eigenvalue weighted by atomic mass is 10.1. The van der Waals surface area contributed by atoms with Crippen molar-refractivity contribution in [2.75, 3.05) is 5.73 Å². The number of aryl methyl sites for hydroxylation is 1. The number of aromatic nitrogens is 2. The highest BCUT2D eigenvalue weighted by Gasteiger charge is 2.14. The first-order valence-corrected chi connectivity index (χ1v) is 6.99. The van der Waals surface area contributed by atoms with E-state index in [1.54, 1.807) is 12.1 Å². The standard InChI is InChI=1S/C15H11BrFN3O/c1-8-2-3-9(6-13(8)18)15-19-14(20-21-15)11-7-10(17)4-5-12(11)16/h2-7H,18H2,1H3.